The molecule has 184 valence electrons. The van der Waals surface area contributed by atoms with Crippen molar-refractivity contribution in [3.63, 3.8) is 0 Å². The van der Waals surface area contributed by atoms with Crippen LogP contribution in [0, 0.1) is 18.3 Å². The van der Waals surface area contributed by atoms with Crippen LogP contribution in [0.15, 0.2) is 64.5 Å². The van der Waals surface area contributed by atoms with E-state index in [0.29, 0.717) is 11.7 Å². The van der Waals surface area contributed by atoms with E-state index >= 15 is 0 Å². The highest BCUT2D eigenvalue weighted by Gasteiger charge is 2.33. The van der Waals surface area contributed by atoms with Crippen molar-refractivity contribution in [2.24, 2.45) is 11.3 Å². The minimum atomic E-state index is 0.0190. The molecule has 6 rings (SSSR count). The molecule has 1 atom stereocenters. The summed E-state index contributed by atoms with van der Waals surface area (Å²) in [5.41, 5.74) is 4.64. The zero-order valence-electron chi connectivity index (χ0n) is 21.1. The third-order valence-corrected chi connectivity index (χ3v) is 9.71. The summed E-state index contributed by atoms with van der Waals surface area (Å²) in [7, 11) is 0. The van der Waals surface area contributed by atoms with Gasteiger partial charge in [0.1, 0.15) is 4.83 Å². The van der Waals surface area contributed by atoms with Gasteiger partial charge in [0.15, 0.2) is 5.16 Å². The molecule has 0 N–H and O–H groups in total. The van der Waals surface area contributed by atoms with Crippen molar-refractivity contribution in [2.45, 2.75) is 57.9 Å². The Morgan fingerprint density at radius 3 is 2.56 bits per heavy atom. The Kier molecular flexibility index (Phi) is 5.80. The van der Waals surface area contributed by atoms with Gasteiger partial charge in [-0.2, -0.15) is 0 Å². The highest BCUT2D eigenvalue weighted by Crippen LogP contribution is 2.43. The minimum Gasteiger partial charge on any atom is -0.268 e. The Morgan fingerprint density at radius 1 is 1.06 bits per heavy atom. The van der Waals surface area contributed by atoms with Crippen LogP contribution in [0.2, 0.25) is 0 Å². The first-order valence-electron chi connectivity index (χ1n) is 12.5. The molecule has 3 heterocycles. The number of rotatable bonds is 4. The maximum atomic E-state index is 14.2. The Hall–Kier alpha value is -2.90. The second-order valence-corrected chi connectivity index (χ2v) is 12.8. The zero-order chi connectivity index (χ0) is 25.0. The fraction of sp³-hybridized carbons (Fsp3) is 0.345. The molecular formula is C29H30N4OS2. The number of hydrogen-bond acceptors (Lipinski definition) is 5. The van der Waals surface area contributed by atoms with E-state index in [1.54, 1.807) is 27.7 Å². The Balaban J connectivity index is 1.60. The first-order valence-corrected chi connectivity index (χ1v) is 14.3. The van der Waals surface area contributed by atoms with Crippen LogP contribution in [-0.2, 0) is 18.6 Å². The molecule has 0 aliphatic heterocycles. The number of para-hydroxylation sites is 1. The zero-order valence-corrected chi connectivity index (χ0v) is 22.7. The lowest BCUT2D eigenvalue weighted by Gasteiger charge is -2.33. The Bertz CT molecular complexity index is 1640. The number of nitrogens with zero attached hydrogens (tertiary/aromatic N) is 4. The van der Waals surface area contributed by atoms with Gasteiger partial charge < -0.3 is 0 Å². The van der Waals surface area contributed by atoms with E-state index in [2.05, 4.69) is 59.6 Å². The average molecular weight is 515 g/mol. The van der Waals surface area contributed by atoms with Crippen molar-refractivity contribution in [1.82, 2.24) is 19.2 Å². The average Bonchev–Trinajstić information content (AvgIpc) is 3.45. The third kappa shape index (κ3) is 3.89. The molecule has 1 aliphatic rings. The second-order valence-electron chi connectivity index (χ2n) is 10.8. The van der Waals surface area contributed by atoms with E-state index in [-0.39, 0.29) is 11.0 Å². The van der Waals surface area contributed by atoms with Crippen LogP contribution in [0.5, 0.6) is 0 Å². The Morgan fingerprint density at radius 2 is 1.81 bits per heavy atom. The molecule has 1 aliphatic carbocycles. The van der Waals surface area contributed by atoms with Gasteiger partial charge in [-0.3, -0.25) is 4.79 Å². The second kappa shape index (κ2) is 8.89. The van der Waals surface area contributed by atoms with Gasteiger partial charge in [-0.15, -0.1) is 21.5 Å². The SMILES string of the molecule is Cc1ccccc1-n1c(=O)c2c3c(sc2n2c(SCc4ccccc4)nnc12)C[C@H](C(C)(C)C)CC3. The van der Waals surface area contributed by atoms with E-state index < -0.39 is 0 Å². The molecule has 2 aromatic carbocycles. The number of fused-ring (bicyclic) bond motifs is 5. The molecule has 0 spiro atoms. The van der Waals surface area contributed by atoms with Gasteiger partial charge in [-0.1, -0.05) is 81.1 Å². The van der Waals surface area contributed by atoms with Crippen LogP contribution in [0.1, 0.15) is 48.8 Å². The summed E-state index contributed by atoms with van der Waals surface area (Å²) < 4.78 is 3.91. The molecule has 0 radical (unpaired) electrons. The monoisotopic (exact) mass is 514 g/mol. The van der Waals surface area contributed by atoms with Gasteiger partial charge in [-0.25, -0.2) is 8.97 Å². The molecule has 0 saturated carbocycles. The summed E-state index contributed by atoms with van der Waals surface area (Å²) >= 11 is 3.44. The molecule has 0 fully saturated rings. The highest BCUT2D eigenvalue weighted by atomic mass is 32.2. The van der Waals surface area contributed by atoms with Gasteiger partial charge in [0.05, 0.1) is 11.1 Å². The van der Waals surface area contributed by atoms with Gasteiger partial charge in [-0.05, 0) is 60.3 Å². The third-order valence-electron chi connectivity index (χ3n) is 7.47. The van der Waals surface area contributed by atoms with E-state index in [0.717, 1.165) is 51.6 Å². The van der Waals surface area contributed by atoms with Crippen LogP contribution >= 0.6 is 23.1 Å². The molecular weight excluding hydrogens is 484 g/mol. The summed E-state index contributed by atoms with van der Waals surface area (Å²) in [6.45, 7) is 9.04. The van der Waals surface area contributed by atoms with Crippen molar-refractivity contribution in [2.75, 3.05) is 0 Å². The lowest BCUT2D eigenvalue weighted by atomic mass is 9.72. The molecule has 3 aromatic heterocycles. The van der Waals surface area contributed by atoms with Crippen LogP contribution < -0.4 is 5.56 Å². The molecule has 5 nitrogen and oxygen atoms in total. The summed E-state index contributed by atoms with van der Waals surface area (Å²) in [4.78, 5) is 16.5. The normalized spacial score (nSPS) is 16.1. The summed E-state index contributed by atoms with van der Waals surface area (Å²) in [5.74, 6) is 1.99. The molecule has 0 amide bonds. The van der Waals surface area contributed by atoms with Crippen LogP contribution in [0.3, 0.4) is 0 Å². The van der Waals surface area contributed by atoms with Crippen molar-refractivity contribution in [1.29, 1.82) is 0 Å². The number of thioether (sulfide) groups is 1. The van der Waals surface area contributed by atoms with Crippen molar-refractivity contribution in [3.05, 3.63) is 86.5 Å². The quantitative estimate of drug-likeness (QED) is 0.246. The predicted octanol–water partition coefficient (Wildman–Crippen LogP) is 6.85. The van der Waals surface area contributed by atoms with Gasteiger partial charge in [0, 0.05) is 10.6 Å². The summed E-state index contributed by atoms with van der Waals surface area (Å²) in [5, 5.41) is 10.9. The topological polar surface area (TPSA) is 52.2 Å². The van der Waals surface area contributed by atoms with Crippen molar-refractivity contribution < 1.29 is 0 Å². The first kappa shape index (κ1) is 23.5. The predicted molar refractivity (Wildman–Crippen MR) is 150 cm³/mol. The Labute approximate surface area is 219 Å². The van der Waals surface area contributed by atoms with E-state index in [9.17, 15) is 4.79 Å². The summed E-state index contributed by atoms with van der Waals surface area (Å²) in [6.07, 6.45) is 3.08. The van der Waals surface area contributed by atoms with E-state index in [4.69, 9.17) is 0 Å². The molecule has 0 bridgehead atoms. The standard InChI is InChI=1S/C29H30N4OS2/c1-18-10-8-9-13-22(18)32-25(34)24-21-15-14-20(29(2,3)4)16-23(21)36-26(24)33-27(32)30-31-28(33)35-17-19-11-6-5-7-12-19/h5-13,20H,14-17H2,1-4H3/t20-/m1/s1. The number of thiophene rings is 1. The number of benzene rings is 2. The van der Waals surface area contributed by atoms with Crippen molar-refractivity contribution >= 4 is 39.1 Å². The van der Waals surface area contributed by atoms with E-state index in [1.165, 1.54) is 16.0 Å². The van der Waals surface area contributed by atoms with Crippen LogP contribution in [0.4, 0.5) is 0 Å². The number of hydrogen-bond donors (Lipinski definition) is 0. The number of aromatic nitrogens is 4. The fourth-order valence-corrected chi connectivity index (χ4v) is 7.69. The lowest BCUT2D eigenvalue weighted by molar-refractivity contribution is 0.218. The van der Waals surface area contributed by atoms with Gasteiger partial charge >= 0.3 is 0 Å². The minimum absolute atomic E-state index is 0.0190. The van der Waals surface area contributed by atoms with Crippen molar-refractivity contribution in [3.8, 4) is 5.69 Å². The van der Waals surface area contributed by atoms with Crippen LogP contribution in [-0.4, -0.2) is 19.2 Å². The molecule has 36 heavy (non-hydrogen) atoms. The maximum absolute atomic E-state index is 14.2. The van der Waals surface area contributed by atoms with Gasteiger partial charge in [0.25, 0.3) is 5.56 Å². The highest BCUT2D eigenvalue weighted by molar-refractivity contribution is 7.98. The molecule has 0 unspecified atom stereocenters. The maximum Gasteiger partial charge on any atom is 0.268 e. The largest absolute Gasteiger partial charge is 0.268 e. The smallest absolute Gasteiger partial charge is 0.268 e. The summed E-state index contributed by atoms with van der Waals surface area (Å²) in [6, 6.07) is 18.4. The molecule has 5 aromatic rings. The molecule has 7 heteroatoms. The van der Waals surface area contributed by atoms with Crippen LogP contribution in [0.25, 0.3) is 21.7 Å². The first-order chi connectivity index (χ1) is 17.3. The van der Waals surface area contributed by atoms with Gasteiger partial charge in [0.2, 0.25) is 5.78 Å². The van der Waals surface area contributed by atoms with E-state index in [1.807, 2.05) is 37.3 Å². The lowest BCUT2D eigenvalue weighted by Crippen LogP contribution is -2.27. The molecule has 0 saturated heterocycles. The number of aryl methyl sites for hydroxylation is 2. The fourth-order valence-electron chi connectivity index (χ4n) is 5.32.